The van der Waals surface area contributed by atoms with Crippen molar-refractivity contribution in [3.05, 3.63) is 44.4 Å². The van der Waals surface area contributed by atoms with E-state index in [-0.39, 0.29) is 12.3 Å². The molecule has 0 aliphatic carbocycles. The summed E-state index contributed by atoms with van der Waals surface area (Å²) < 4.78 is 29.5. The minimum Gasteiger partial charge on any atom is -0.434 e. The third-order valence-electron chi connectivity index (χ3n) is 3.39. The fraction of sp³-hybridized carbons (Fsp3) is 0.375. The molecule has 0 aliphatic rings. The molecule has 9 heteroatoms. The van der Waals surface area contributed by atoms with E-state index in [0.29, 0.717) is 23.1 Å². The lowest BCUT2D eigenvalue weighted by Crippen LogP contribution is -2.36. The third kappa shape index (κ3) is 5.82. The highest BCUT2D eigenvalue weighted by Crippen LogP contribution is 2.24. The van der Waals surface area contributed by atoms with Gasteiger partial charge in [0.05, 0.1) is 12.2 Å². The Kier molecular flexibility index (Phi) is 6.95. The monoisotopic (exact) mass is 388 g/mol. The van der Waals surface area contributed by atoms with E-state index < -0.39 is 6.61 Å². The fourth-order valence-corrected chi connectivity index (χ4v) is 3.14. The van der Waals surface area contributed by atoms with E-state index in [1.54, 1.807) is 24.5 Å². The van der Waals surface area contributed by atoms with Gasteiger partial charge in [-0.1, -0.05) is 11.6 Å². The first-order chi connectivity index (χ1) is 11.9. The van der Waals surface area contributed by atoms with Gasteiger partial charge in [0.2, 0.25) is 0 Å². The maximum Gasteiger partial charge on any atom is 0.387 e. The summed E-state index contributed by atoms with van der Waals surface area (Å²) in [5.74, 6) is 0.599. The highest BCUT2D eigenvalue weighted by atomic mass is 35.5. The first-order valence-corrected chi connectivity index (χ1v) is 8.69. The Morgan fingerprint density at radius 3 is 2.64 bits per heavy atom. The van der Waals surface area contributed by atoms with E-state index in [4.69, 9.17) is 11.6 Å². The number of nitrogens with zero attached hydrogens (tertiary/aromatic N) is 2. The number of hydrogen-bond donors (Lipinski definition) is 2. The van der Waals surface area contributed by atoms with Crippen LogP contribution in [-0.4, -0.2) is 24.6 Å². The second-order valence-corrected chi connectivity index (χ2v) is 6.88. The molecule has 0 bridgehead atoms. The quantitative estimate of drug-likeness (QED) is 0.582. The van der Waals surface area contributed by atoms with Gasteiger partial charge in [0, 0.05) is 29.1 Å². The van der Waals surface area contributed by atoms with Gasteiger partial charge in [0.15, 0.2) is 5.96 Å². The molecule has 1 aromatic heterocycles. The van der Waals surface area contributed by atoms with Gasteiger partial charge in [-0.15, -0.1) is 11.3 Å². The van der Waals surface area contributed by atoms with Gasteiger partial charge >= 0.3 is 6.61 Å². The number of aryl methyl sites for hydroxylation is 2. The van der Waals surface area contributed by atoms with Gasteiger partial charge < -0.3 is 15.4 Å². The molecular formula is C16H19ClF2N4OS. The second kappa shape index (κ2) is 8.96. The maximum absolute atomic E-state index is 12.5. The van der Waals surface area contributed by atoms with Crippen LogP contribution in [0, 0.1) is 13.8 Å². The zero-order valence-corrected chi connectivity index (χ0v) is 15.6. The summed E-state index contributed by atoms with van der Waals surface area (Å²) in [5, 5.41) is 7.57. The molecular weight excluding hydrogens is 370 g/mol. The lowest BCUT2D eigenvalue weighted by Gasteiger charge is -2.14. The van der Waals surface area contributed by atoms with E-state index in [1.807, 2.05) is 13.8 Å². The topological polar surface area (TPSA) is 58.5 Å². The van der Waals surface area contributed by atoms with Crippen molar-refractivity contribution in [2.24, 2.45) is 4.99 Å². The number of guanidine groups is 1. The Morgan fingerprint density at radius 2 is 2.04 bits per heavy atom. The Bertz CT molecular complexity index is 732. The van der Waals surface area contributed by atoms with Crippen LogP contribution in [0.15, 0.2) is 23.2 Å². The zero-order valence-electron chi connectivity index (χ0n) is 14.1. The second-order valence-electron chi connectivity index (χ2n) is 5.16. The predicted molar refractivity (Wildman–Crippen MR) is 96.7 cm³/mol. The number of hydrogen-bond acceptors (Lipinski definition) is 4. The number of rotatable bonds is 6. The predicted octanol–water partition coefficient (Wildman–Crippen LogP) is 3.88. The summed E-state index contributed by atoms with van der Waals surface area (Å²) in [6, 6.07) is 4.50. The van der Waals surface area contributed by atoms with Crippen LogP contribution < -0.4 is 15.4 Å². The van der Waals surface area contributed by atoms with Gasteiger partial charge in [-0.05, 0) is 32.0 Å². The normalized spacial score (nSPS) is 11.7. The van der Waals surface area contributed by atoms with Crippen LogP contribution in [0.25, 0.3) is 0 Å². The van der Waals surface area contributed by atoms with Gasteiger partial charge in [0.1, 0.15) is 10.8 Å². The molecule has 0 spiro atoms. The molecule has 0 amide bonds. The summed E-state index contributed by atoms with van der Waals surface area (Å²) in [5.41, 5.74) is 1.52. The Morgan fingerprint density at radius 1 is 1.32 bits per heavy atom. The average Bonchev–Trinajstić information content (AvgIpc) is 2.88. The average molecular weight is 389 g/mol. The van der Waals surface area contributed by atoms with Gasteiger partial charge in [0.25, 0.3) is 0 Å². The van der Waals surface area contributed by atoms with Crippen LogP contribution >= 0.6 is 22.9 Å². The molecule has 2 N–H and O–H groups in total. The van der Waals surface area contributed by atoms with Crippen molar-refractivity contribution in [2.75, 3.05) is 7.05 Å². The fourth-order valence-electron chi connectivity index (χ4n) is 2.07. The van der Waals surface area contributed by atoms with E-state index >= 15 is 0 Å². The number of thiazole rings is 1. The molecule has 0 saturated heterocycles. The standard InChI is InChI=1S/C16H19ClF2N4OS/c1-9-10(2)25-14(23-9)8-22-16(20-3)21-7-11-6-12(17)4-5-13(11)24-15(18)19/h4-6,15H,7-8H2,1-3H3,(H2,20,21,22). The van der Waals surface area contributed by atoms with Crippen LogP contribution in [0.4, 0.5) is 8.78 Å². The molecule has 0 unspecified atom stereocenters. The summed E-state index contributed by atoms with van der Waals surface area (Å²) >= 11 is 7.55. The van der Waals surface area contributed by atoms with Crippen LogP contribution in [0.2, 0.25) is 5.02 Å². The third-order valence-corrected chi connectivity index (χ3v) is 4.70. The Balaban J connectivity index is 1.97. The minimum absolute atomic E-state index is 0.0773. The van der Waals surface area contributed by atoms with E-state index in [2.05, 4.69) is 25.3 Å². The van der Waals surface area contributed by atoms with Crippen LogP contribution in [0.1, 0.15) is 21.1 Å². The molecule has 136 valence electrons. The van der Waals surface area contributed by atoms with Crippen LogP contribution in [0.3, 0.4) is 0 Å². The zero-order chi connectivity index (χ0) is 18.4. The summed E-state index contributed by atoms with van der Waals surface area (Å²) in [6.07, 6.45) is 0. The minimum atomic E-state index is -2.89. The van der Waals surface area contributed by atoms with Crippen LogP contribution in [0.5, 0.6) is 5.75 Å². The lowest BCUT2D eigenvalue weighted by atomic mass is 10.2. The summed E-state index contributed by atoms with van der Waals surface area (Å²) in [4.78, 5) is 9.73. The SMILES string of the molecule is CN=C(NCc1nc(C)c(C)s1)NCc1cc(Cl)ccc1OC(F)F. The largest absolute Gasteiger partial charge is 0.434 e. The van der Waals surface area contributed by atoms with Crippen molar-refractivity contribution < 1.29 is 13.5 Å². The van der Waals surface area contributed by atoms with Gasteiger partial charge in [-0.3, -0.25) is 4.99 Å². The van der Waals surface area contributed by atoms with Crippen LogP contribution in [-0.2, 0) is 13.1 Å². The molecule has 0 aliphatic heterocycles. The van der Waals surface area contributed by atoms with Crippen molar-refractivity contribution in [1.29, 1.82) is 0 Å². The molecule has 0 fully saturated rings. The molecule has 1 heterocycles. The number of aromatic nitrogens is 1. The van der Waals surface area contributed by atoms with Crippen molar-refractivity contribution in [3.63, 3.8) is 0 Å². The number of halogens is 3. The molecule has 0 saturated carbocycles. The Hall–Kier alpha value is -1.93. The van der Waals surface area contributed by atoms with Crippen molar-refractivity contribution in [1.82, 2.24) is 15.6 Å². The first kappa shape index (κ1) is 19.4. The number of nitrogens with one attached hydrogen (secondary N) is 2. The van der Waals surface area contributed by atoms with Crippen molar-refractivity contribution in [2.45, 2.75) is 33.5 Å². The molecule has 2 rings (SSSR count). The molecule has 25 heavy (non-hydrogen) atoms. The molecule has 1 aromatic carbocycles. The number of ether oxygens (including phenoxy) is 1. The summed E-state index contributed by atoms with van der Waals surface area (Å²) in [7, 11) is 1.63. The van der Waals surface area contributed by atoms with Gasteiger partial charge in [-0.2, -0.15) is 8.78 Å². The van der Waals surface area contributed by atoms with E-state index in [9.17, 15) is 8.78 Å². The van der Waals surface area contributed by atoms with E-state index in [0.717, 1.165) is 10.7 Å². The number of alkyl halides is 2. The number of benzene rings is 1. The molecule has 2 aromatic rings. The molecule has 0 atom stereocenters. The Labute approximate surface area is 154 Å². The highest BCUT2D eigenvalue weighted by molar-refractivity contribution is 7.11. The van der Waals surface area contributed by atoms with Gasteiger partial charge in [-0.25, -0.2) is 4.98 Å². The smallest absolute Gasteiger partial charge is 0.387 e. The maximum atomic E-state index is 12.5. The molecule has 5 nitrogen and oxygen atoms in total. The van der Waals surface area contributed by atoms with Crippen molar-refractivity contribution in [3.8, 4) is 5.75 Å². The lowest BCUT2D eigenvalue weighted by molar-refractivity contribution is -0.0504. The highest BCUT2D eigenvalue weighted by Gasteiger charge is 2.11. The van der Waals surface area contributed by atoms with Crippen molar-refractivity contribution >= 4 is 28.9 Å². The first-order valence-electron chi connectivity index (χ1n) is 7.49. The summed E-state index contributed by atoms with van der Waals surface area (Å²) in [6.45, 7) is 1.85. The number of aliphatic imine (C=N–C) groups is 1. The molecule has 0 radical (unpaired) electrons. The van der Waals surface area contributed by atoms with E-state index in [1.165, 1.54) is 17.0 Å².